The molecule has 0 aliphatic heterocycles. The van der Waals surface area contributed by atoms with E-state index in [1.165, 1.54) is 6.08 Å². The normalized spacial score (nSPS) is 21.6. The average molecular weight is 328 g/mol. The molecule has 2 unspecified atom stereocenters. The Hall–Kier alpha value is -1.52. The molecule has 0 saturated heterocycles. The molecule has 2 atom stereocenters. The molecule has 4 nitrogen and oxygen atoms in total. The fourth-order valence-electron chi connectivity index (χ4n) is 2.50. The predicted octanol–water partition coefficient (Wildman–Crippen LogP) is 3.38. The van der Waals surface area contributed by atoms with E-state index in [-0.39, 0.29) is 11.9 Å². The molecule has 1 amide bonds. The van der Waals surface area contributed by atoms with Gasteiger partial charge in [-0.1, -0.05) is 29.6 Å². The summed E-state index contributed by atoms with van der Waals surface area (Å²) < 4.78 is 0. The minimum absolute atomic E-state index is 0.303. The standard InChI is InChI=1S/C15H15Cl2NO3/c16-10-6-9(7-11(17)8-10)4-5-14(19)18-13-3-1-2-12(13)15(20)21/h4-8,12-13H,1-3H2,(H,18,19)(H,20,21). The van der Waals surface area contributed by atoms with Crippen LogP contribution in [-0.2, 0) is 9.59 Å². The zero-order valence-electron chi connectivity index (χ0n) is 11.2. The van der Waals surface area contributed by atoms with E-state index in [1.54, 1.807) is 24.3 Å². The summed E-state index contributed by atoms with van der Waals surface area (Å²) in [6.07, 6.45) is 5.07. The Bertz CT molecular complexity index is 566. The highest BCUT2D eigenvalue weighted by atomic mass is 35.5. The summed E-state index contributed by atoms with van der Waals surface area (Å²) in [5.41, 5.74) is 0.712. The third kappa shape index (κ3) is 4.48. The first-order valence-corrected chi connectivity index (χ1v) is 7.39. The second-order valence-electron chi connectivity index (χ2n) is 5.03. The van der Waals surface area contributed by atoms with Crippen LogP contribution in [-0.4, -0.2) is 23.0 Å². The summed E-state index contributed by atoms with van der Waals surface area (Å²) >= 11 is 11.7. The Morgan fingerprint density at radius 3 is 2.48 bits per heavy atom. The lowest BCUT2D eigenvalue weighted by Crippen LogP contribution is -2.39. The number of carboxylic acid groups (broad SMARTS) is 1. The fraction of sp³-hybridized carbons (Fsp3) is 0.333. The molecule has 0 radical (unpaired) electrons. The quantitative estimate of drug-likeness (QED) is 0.833. The first kappa shape index (κ1) is 15.9. The predicted molar refractivity (Wildman–Crippen MR) is 82.4 cm³/mol. The Kier molecular flexibility index (Phi) is 5.26. The number of carbonyl (C=O) groups excluding carboxylic acids is 1. The average Bonchev–Trinajstić information content (AvgIpc) is 2.83. The topological polar surface area (TPSA) is 66.4 Å². The van der Waals surface area contributed by atoms with Gasteiger partial charge in [-0.2, -0.15) is 0 Å². The van der Waals surface area contributed by atoms with Crippen molar-refractivity contribution in [2.24, 2.45) is 5.92 Å². The summed E-state index contributed by atoms with van der Waals surface area (Å²) in [7, 11) is 0. The van der Waals surface area contributed by atoms with Crippen LogP contribution in [0.2, 0.25) is 10.0 Å². The van der Waals surface area contributed by atoms with Gasteiger partial charge in [0.25, 0.3) is 0 Å². The van der Waals surface area contributed by atoms with Gasteiger partial charge in [0.05, 0.1) is 5.92 Å². The number of hydrogen-bond donors (Lipinski definition) is 2. The van der Waals surface area contributed by atoms with Crippen LogP contribution in [0, 0.1) is 5.92 Å². The van der Waals surface area contributed by atoms with E-state index >= 15 is 0 Å². The third-order valence-corrected chi connectivity index (χ3v) is 3.91. The van der Waals surface area contributed by atoms with Gasteiger partial charge in [-0.15, -0.1) is 0 Å². The van der Waals surface area contributed by atoms with Gasteiger partial charge in [0.15, 0.2) is 0 Å². The van der Waals surface area contributed by atoms with Crippen LogP contribution in [0.25, 0.3) is 6.08 Å². The van der Waals surface area contributed by atoms with Gasteiger partial charge in [0, 0.05) is 22.2 Å². The minimum atomic E-state index is -0.858. The first-order chi connectivity index (χ1) is 9.95. The SMILES string of the molecule is O=C(C=Cc1cc(Cl)cc(Cl)c1)NC1CCCC1C(=O)O. The smallest absolute Gasteiger partial charge is 0.308 e. The molecule has 1 saturated carbocycles. The molecule has 2 rings (SSSR count). The van der Waals surface area contributed by atoms with Crippen LogP contribution in [0.5, 0.6) is 0 Å². The summed E-state index contributed by atoms with van der Waals surface area (Å²) in [5, 5.41) is 12.8. The molecule has 2 N–H and O–H groups in total. The molecule has 0 spiro atoms. The number of rotatable bonds is 4. The number of hydrogen-bond acceptors (Lipinski definition) is 2. The lowest BCUT2D eigenvalue weighted by molar-refractivity contribution is -0.142. The molecule has 1 aliphatic rings. The molecule has 1 fully saturated rings. The van der Waals surface area contributed by atoms with Gasteiger partial charge >= 0.3 is 5.97 Å². The highest BCUT2D eigenvalue weighted by Crippen LogP contribution is 2.26. The lowest BCUT2D eigenvalue weighted by Gasteiger charge is -2.16. The van der Waals surface area contributed by atoms with Gasteiger partial charge in [-0.05, 0) is 42.7 Å². The van der Waals surface area contributed by atoms with E-state index < -0.39 is 11.9 Å². The number of nitrogens with one attached hydrogen (secondary N) is 1. The van der Waals surface area contributed by atoms with Crippen molar-refractivity contribution in [3.05, 3.63) is 39.9 Å². The van der Waals surface area contributed by atoms with Crippen LogP contribution in [0.1, 0.15) is 24.8 Å². The molecule has 0 aromatic heterocycles. The van der Waals surface area contributed by atoms with Crippen molar-refractivity contribution in [1.29, 1.82) is 0 Å². The number of amides is 1. The molecule has 0 bridgehead atoms. The maximum absolute atomic E-state index is 11.9. The molecule has 1 aromatic carbocycles. The van der Waals surface area contributed by atoms with Crippen molar-refractivity contribution in [3.63, 3.8) is 0 Å². The third-order valence-electron chi connectivity index (χ3n) is 3.47. The maximum Gasteiger partial charge on any atom is 0.308 e. The molecule has 0 heterocycles. The number of benzene rings is 1. The van der Waals surface area contributed by atoms with Gasteiger partial charge < -0.3 is 10.4 Å². The van der Waals surface area contributed by atoms with Crippen LogP contribution >= 0.6 is 23.2 Å². The Morgan fingerprint density at radius 1 is 1.19 bits per heavy atom. The number of carbonyl (C=O) groups is 2. The second kappa shape index (κ2) is 6.96. The zero-order valence-corrected chi connectivity index (χ0v) is 12.7. The highest BCUT2D eigenvalue weighted by molar-refractivity contribution is 6.34. The van der Waals surface area contributed by atoms with Crippen molar-refractivity contribution in [1.82, 2.24) is 5.32 Å². The largest absolute Gasteiger partial charge is 0.481 e. The minimum Gasteiger partial charge on any atom is -0.481 e. The molecule has 21 heavy (non-hydrogen) atoms. The molecule has 112 valence electrons. The lowest BCUT2D eigenvalue weighted by atomic mass is 10.0. The van der Waals surface area contributed by atoms with E-state index in [9.17, 15) is 9.59 Å². The zero-order chi connectivity index (χ0) is 15.4. The van der Waals surface area contributed by atoms with E-state index in [4.69, 9.17) is 28.3 Å². The second-order valence-corrected chi connectivity index (χ2v) is 5.90. The number of carboxylic acids is 1. The summed E-state index contributed by atoms with van der Waals surface area (Å²) in [6, 6.07) is 4.68. The Labute approximate surface area is 132 Å². The maximum atomic E-state index is 11.9. The molecule has 1 aromatic rings. The van der Waals surface area contributed by atoms with Crippen molar-refractivity contribution in [3.8, 4) is 0 Å². The first-order valence-electron chi connectivity index (χ1n) is 6.63. The summed E-state index contributed by atoms with van der Waals surface area (Å²) in [4.78, 5) is 22.9. The number of halogens is 2. The van der Waals surface area contributed by atoms with Crippen LogP contribution < -0.4 is 5.32 Å². The van der Waals surface area contributed by atoms with Gasteiger partial charge in [-0.3, -0.25) is 9.59 Å². The molecular formula is C15H15Cl2NO3. The molecular weight excluding hydrogens is 313 g/mol. The van der Waals surface area contributed by atoms with Gasteiger partial charge in [-0.25, -0.2) is 0 Å². The van der Waals surface area contributed by atoms with E-state index in [1.807, 2.05) is 0 Å². The highest BCUT2D eigenvalue weighted by Gasteiger charge is 2.33. The van der Waals surface area contributed by atoms with Crippen LogP contribution in [0.4, 0.5) is 0 Å². The van der Waals surface area contributed by atoms with Crippen LogP contribution in [0.3, 0.4) is 0 Å². The van der Waals surface area contributed by atoms with Gasteiger partial charge in [0.2, 0.25) is 5.91 Å². The summed E-state index contributed by atoms with van der Waals surface area (Å²) in [5.74, 6) is -1.67. The fourth-order valence-corrected chi connectivity index (χ4v) is 3.05. The Morgan fingerprint density at radius 2 is 1.86 bits per heavy atom. The van der Waals surface area contributed by atoms with Crippen molar-refractivity contribution >= 4 is 41.2 Å². The van der Waals surface area contributed by atoms with Crippen LogP contribution in [0.15, 0.2) is 24.3 Å². The van der Waals surface area contributed by atoms with Crippen molar-refractivity contribution in [2.45, 2.75) is 25.3 Å². The number of aliphatic carboxylic acids is 1. The van der Waals surface area contributed by atoms with E-state index in [0.717, 1.165) is 6.42 Å². The van der Waals surface area contributed by atoms with E-state index in [2.05, 4.69) is 5.32 Å². The van der Waals surface area contributed by atoms with Gasteiger partial charge in [0.1, 0.15) is 0 Å². The molecule has 6 heteroatoms. The van der Waals surface area contributed by atoms with Crippen molar-refractivity contribution < 1.29 is 14.7 Å². The monoisotopic (exact) mass is 327 g/mol. The van der Waals surface area contributed by atoms with E-state index in [0.29, 0.717) is 28.5 Å². The molecule has 1 aliphatic carbocycles. The van der Waals surface area contributed by atoms with Crippen molar-refractivity contribution in [2.75, 3.05) is 0 Å². The Balaban J connectivity index is 1.98. The summed E-state index contributed by atoms with van der Waals surface area (Å²) in [6.45, 7) is 0.